The van der Waals surface area contributed by atoms with Crippen LogP contribution < -0.4 is 14.4 Å². The Balaban J connectivity index is 2.09. The van der Waals surface area contributed by atoms with Gasteiger partial charge in [-0.2, -0.15) is 0 Å². The molecule has 0 aliphatic rings. The van der Waals surface area contributed by atoms with Gasteiger partial charge in [0, 0.05) is 23.0 Å². The van der Waals surface area contributed by atoms with Gasteiger partial charge in [-0.3, -0.25) is 13.9 Å². The van der Waals surface area contributed by atoms with Gasteiger partial charge in [0.15, 0.2) is 0 Å². The molecule has 0 aliphatic heterocycles. The summed E-state index contributed by atoms with van der Waals surface area (Å²) in [5.41, 5.74) is 1.38. The average molecular weight is 645 g/mol. The molecule has 0 saturated heterocycles. The summed E-state index contributed by atoms with van der Waals surface area (Å²) >= 11 is 3.44. The molecule has 3 aromatic carbocycles. The molecule has 0 aromatic heterocycles. The fraction of sp³-hybridized carbons (Fsp3) is 0.355. The third-order valence-electron chi connectivity index (χ3n) is 6.15. The first-order valence-corrected chi connectivity index (χ1v) is 16.0. The molecule has 10 heteroatoms. The van der Waals surface area contributed by atoms with Gasteiger partial charge < -0.3 is 15.0 Å². The number of hydrogen-bond donors (Lipinski definition) is 1. The van der Waals surface area contributed by atoms with Crippen LogP contribution in [-0.4, -0.2) is 56.1 Å². The first-order chi connectivity index (χ1) is 19.3. The Morgan fingerprint density at radius 3 is 2.12 bits per heavy atom. The lowest BCUT2D eigenvalue weighted by molar-refractivity contribution is -0.140. The van der Waals surface area contributed by atoms with Gasteiger partial charge in [-0.05, 0) is 63.1 Å². The van der Waals surface area contributed by atoms with Crippen molar-refractivity contribution in [1.82, 2.24) is 10.2 Å². The number of anilines is 1. The molecule has 0 aliphatic carbocycles. The number of carbonyl (C=O) groups excluding carboxylic acids is 2. The largest absolute Gasteiger partial charge is 0.492 e. The number of hydrogen-bond acceptors (Lipinski definition) is 5. The first-order valence-electron chi connectivity index (χ1n) is 13.4. The van der Waals surface area contributed by atoms with E-state index in [1.54, 1.807) is 31.2 Å². The van der Waals surface area contributed by atoms with E-state index >= 15 is 0 Å². The fourth-order valence-electron chi connectivity index (χ4n) is 4.33. The average Bonchev–Trinajstić information content (AvgIpc) is 2.90. The molecule has 3 aromatic rings. The Hall–Kier alpha value is -3.37. The number of nitrogens with zero attached hydrogens (tertiary/aromatic N) is 2. The lowest BCUT2D eigenvalue weighted by atomic mass is 10.0. The zero-order chi connectivity index (χ0) is 30.2. The van der Waals surface area contributed by atoms with Crippen LogP contribution in [-0.2, 0) is 32.6 Å². The number of carbonyl (C=O) groups is 2. The van der Waals surface area contributed by atoms with E-state index < -0.39 is 34.1 Å². The molecular formula is C31H38BrN3O5S. The maximum absolute atomic E-state index is 14.2. The highest BCUT2D eigenvalue weighted by atomic mass is 79.9. The van der Waals surface area contributed by atoms with Crippen molar-refractivity contribution in [3.8, 4) is 5.75 Å². The lowest BCUT2D eigenvalue weighted by Crippen LogP contribution is -2.56. The van der Waals surface area contributed by atoms with Gasteiger partial charge in [-0.1, -0.05) is 70.5 Å². The minimum atomic E-state index is -3.90. The van der Waals surface area contributed by atoms with Crippen LogP contribution >= 0.6 is 15.9 Å². The minimum Gasteiger partial charge on any atom is -0.492 e. The van der Waals surface area contributed by atoms with Crippen molar-refractivity contribution < 1.29 is 22.7 Å². The van der Waals surface area contributed by atoms with Gasteiger partial charge in [0.1, 0.15) is 18.3 Å². The molecule has 0 radical (unpaired) electrons. The van der Waals surface area contributed by atoms with Crippen LogP contribution in [0.4, 0.5) is 5.69 Å². The summed E-state index contributed by atoms with van der Waals surface area (Å²) in [6, 6.07) is 22.7. The molecule has 220 valence electrons. The predicted octanol–water partition coefficient (Wildman–Crippen LogP) is 5.17. The van der Waals surface area contributed by atoms with E-state index in [-0.39, 0.29) is 24.6 Å². The number of nitrogens with one attached hydrogen (secondary N) is 1. The maximum atomic E-state index is 14.2. The van der Waals surface area contributed by atoms with Crippen LogP contribution in [0.2, 0.25) is 0 Å². The molecule has 41 heavy (non-hydrogen) atoms. The quantitative estimate of drug-likeness (QED) is 0.294. The number of para-hydroxylation sites is 2. The van der Waals surface area contributed by atoms with E-state index in [0.717, 1.165) is 26.2 Å². The summed E-state index contributed by atoms with van der Waals surface area (Å²) in [7, 11) is -3.90. The van der Waals surface area contributed by atoms with Gasteiger partial charge >= 0.3 is 0 Å². The van der Waals surface area contributed by atoms with E-state index in [0.29, 0.717) is 12.4 Å². The summed E-state index contributed by atoms with van der Waals surface area (Å²) in [4.78, 5) is 29.5. The predicted molar refractivity (Wildman–Crippen MR) is 166 cm³/mol. The number of rotatable bonds is 12. The Kier molecular flexibility index (Phi) is 11.0. The van der Waals surface area contributed by atoms with E-state index in [2.05, 4.69) is 21.2 Å². The highest BCUT2D eigenvalue weighted by Crippen LogP contribution is 2.30. The number of sulfonamides is 1. The van der Waals surface area contributed by atoms with Crippen molar-refractivity contribution in [1.29, 1.82) is 0 Å². The second-order valence-corrected chi connectivity index (χ2v) is 13.6. The minimum absolute atomic E-state index is 0.103. The smallest absolute Gasteiger partial charge is 0.244 e. The van der Waals surface area contributed by atoms with E-state index in [4.69, 9.17) is 4.74 Å². The van der Waals surface area contributed by atoms with Crippen molar-refractivity contribution >= 4 is 43.5 Å². The summed E-state index contributed by atoms with van der Waals surface area (Å²) in [6.45, 7) is 7.35. The summed E-state index contributed by atoms with van der Waals surface area (Å²) < 4.78 is 33.7. The van der Waals surface area contributed by atoms with Crippen LogP contribution in [0.1, 0.15) is 38.8 Å². The second kappa shape index (κ2) is 14.0. The Morgan fingerprint density at radius 2 is 1.54 bits per heavy atom. The molecule has 1 N–H and O–H groups in total. The number of ether oxygens (including phenoxy) is 1. The van der Waals surface area contributed by atoms with Gasteiger partial charge in [0.05, 0.1) is 18.6 Å². The molecule has 0 heterocycles. The normalized spacial score (nSPS) is 12.3. The number of halogens is 1. The zero-order valence-electron chi connectivity index (χ0n) is 24.1. The topological polar surface area (TPSA) is 96.0 Å². The number of benzene rings is 3. The van der Waals surface area contributed by atoms with Gasteiger partial charge in [-0.25, -0.2) is 8.42 Å². The standard InChI is InChI=1S/C31H38BrN3O5S/c1-6-40-28-15-11-10-14-26(28)35(41(5,38)39)22-29(36)34(21-24-16-18-25(32)19-17-24)27(30(37)33-31(2,3)4)20-23-12-8-7-9-13-23/h7-19,27H,6,20-22H2,1-5H3,(H,33,37)/t27-/m1/s1. The highest BCUT2D eigenvalue weighted by Gasteiger charge is 2.34. The second-order valence-electron chi connectivity index (χ2n) is 10.8. The molecule has 2 amide bonds. The molecular weight excluding hydrogens is 606 g/mol. The van der Waals surface area contributed by atoms with E-state index in [1.165, 1.54) is 4.90 Å². The Bertz CT molecular complexity index is 1420. The van der Waals surface area contributed by atoms with Crippen molar-refractivity contribution in [2.24, 2.45) is 0 Å². The summed E-state index contributed by atoms with van der Waals surface area (Å²) in [6.07, 6.45) is 1.30. The zero-order valence-corrected chi connectivity index (χ0v) is 26.5. The summed E-state index contributed by atoms with van der Waals surface area (Å²) in [5.74, 6) is -0.499. The molecule has 0 spiro atoms. The van der Waals surface area contributed by atoms with Crippen LogP contribution in [0.15, 0.2) is 83.3 Å². The van der Waals surface area contributed by atoms with E-state index in [9.17, 15) is 18.0 Å². The van der Waals surface area contributed by atoms with E-state index in [1.807, 2.05) is 75.4 Å². The molecule has 0 saturated carbocycles. The Labute approximate surface area is 251 Å². The molecule has 3 rings (SSSR count). The van der Waals surface area contributed by atoms with Crippen molar-refractivity contribution in [3.63, 3.8) is 0 Å². The van der Waals surface area contributed by atoms with Crippen LogP contribution in [0.5, 0.6) is 5.75 Å². The lowest BCUT2D eigenvalue weighted by Gasteiger charge is -2.35. The van der Waals surface area contributed by atoms with Crippen molar-refractivity contribution in [2.75, 3.05) is 23.7 Å². The van der Waals surface area contributed by atoms with Gasteiger partial charge in [-0.15, -0.1) is 0 Å². The molecule has 8 nitrogen and oxygen atoms in total. The molecule has 1 atom stereocenters. The third kappa shape index (κ3) is 9.60. The molecule has 0 unspecified atom stereocenters. The molecule has 0 bridgehead atoms. The van der Waals surface area contributed by atoms with Crippen molar-refractivity contribution in [2.45, 2.75) is 52.2 Å². The van der Waals surface area contributed by atoms with Crippen molar-refractivity contribution in [3.05, 3.63) is 94.5 Å². The monoisotopic (exact) mass is 643 g/mol. The Morgan fingerprint density at radius 1 is 0.927 bits per heavy atom. The van der Waals surface area contributed by atoms with Crippen LogP contribution in [0.3, 0.4) is 0 Å². The summed E-state index contributed by atoms with van der Waals surface area (Å²) in [5, 5.41) is 3.02. The maximum Gasteiger partial charge on any atom is 0.244 e. The van der Waals surface area contributed by atoms with Gasteiger partial charge in [0.2, 0.25) is 21.8 Å². The number of amides is 2. The third-order valence-corrected chi connectivity index (χ3v) is 7.80. The first kappa shape index (κ1) is 32.1. The van der Waals surface area contributed by atoms with Crippen LogP contribution in [0.25, 0.3) is 0 Å². The molecule has 0 fully saturated rings. The van der Waals surface area contributed by atoms with Crippen LogP contribution in [0, 0.1) is 0 Å². The fourth-order valence-corrected chi connectivity index (χ4v) is 5.45. The SMILES string of the molecule is CCOc1ccccc1N(CC(=O)N(Cc1ccc(Br)cc1)[C@H](Cc1ccccc1)C(=O)NC(C)(C)C)S(C)(=O)=O. The van der Waals surface area contributed by atoms with Gasteiger partial charge in [0.25, 0.3) is 0 Å². The highest BCUT2D eigenvalue weighted by molar-refractivity contribution is 9.10.